The Morgan fingerprint density at radius 1 is 0.786 bits per heavy atom. The average molecular weight is 382 g/mol. The van der Waals surface area contributed by atoms with E-state index in [1.165, 1.54) is 0 Å². The van der Waals surface area contributed by atoms with Gasteiger partial charge in [-0.2, -0.15) is 0 Å². The summed E-state index contributed by atoms with van der Waals surface area (Å²) in [6.45, 7) is 0. The number of thioether (sulfide) groups is 1. The minimum atomic E-state index is 0.0934. The lowest BCUT2D eigenvalue weighted by molar-refractivity contribution is 0.0888. The van der Waals surface area contributed by atoms with Crippen LogP contribution in [-0.4, -0.2) is 15.5 Å². The van der Waals surface area contributed by atoms with Gasteiger partial charge in [-0.15, -0.1) is 0 Å². The molecule has 0 spiro atoms. The minimum Gasteiger partial charge on any atom is -0.274 e. The van der Waals surface area contributed by atoms with Crippen LogP contribution in [0.5, 0.6) is 0 Å². The fourth-order valence-electron chi connectivity index (χ4n) is 3.64. The molecular weight excluding hydrogens is 364 g/mol. The van der Waals surface area contributed by atoms with Gasteiger partial charge in [0.15, 0.2) is 5.16 Å². The van der Waals surface area contributed by atoms with Gasteiger partial charge in [0.2, 0.25) is 5.91 Å². The highest BCUT2D eigenvalue weighted by atomic mass is 32.2. The fraction of sp³-hybridized carbons (Fsp3) is 0.0833. The molecule has 0 bridgehead atoms. The average Bonchev–Trinajstić information content (AvgIpc) is 3.16. The van der Waals surface area contributed by atoms with Gasteiger partial charge in [0.05, 0.1) is 11.4 Å². The van der Waals surface area contributed by atoms with Gasteiger partial charge in [0.1, 0.15) is 0 Å². The number of imidazole rings is 1. The first-order chi connectivity index (χ1) is 13.8. The molecule has 4 heteroatoms. The summed E-state index contributed by atoms with van der Waals surface area (Å²) >= 11 is 1.67. The van der Waals surface area contributed by atoms with Gasteiger partial charge in [-0.25, -0.2) is 4.98 Å². The lowest BCUT2D eigenvalue weighted by Crippen LogP contribution is -2.20. The molecule has 0 saturated heterocycles. The summed E-state index contributed by atoms with van der Waals surface area (Å²) in [4.78, 5) is 18.1. The lowest BCUT2D eigenvalue weighted by atomic mass is 10.0. The highest BCUT2D eigenvalue weighted by molar-refractivity contribution is 7.99. The van der Waals surface area contributed by atoms with Crippen LogP contribution in [0.4, 0.5) is 0 Å². The van der Waals surface area contributed by atoms with E-state index in [4.69, 9.17) is 4.98 Å². The molecule has 0 saturated carbocycles. The molecule has 2 heterocycles. The van der Waals surface area contributed by atoms with Crippen molar-refractivity contribution < 1.29 is 4.79 Å². The van der Waals surface area contributed by atoms with Gasteiger partial charge in [0.25, 0.3) is 0 Å². The Morgan fingerprint density at radius 3 is 2.00 bits per heavy atom. The molecule has 3 aromatic carbocycles. The van der Waals surface area contributed by atoms with Crippen molar-refractivity contribution in [2.24, 2.45) is 0 Å². The number of hydrogen-bond acceptors (Lipinski definition) is 3. The van der Waals surface area contributed by atoms with E-state index in [0.717, 1.165) is 33.2 Å². The van der Waals surface area contributed by atoms with Crippen LogP contribution < -0.4 is 0 Å². The lowest BCUT2D eigenvalue weighted by Gasteiger charge is -2.23. The Labute approximate surface area is 168 Å². The summed E-state index contributed by atoms with van der Waals surface area (Å²) in [5, 5.41) is 0.860. The molecule has 1 aliphatic heterocycles. The van der Waals surface area contributed by atoms with Crippen molar-refractivity contribution in [1.82, 2.24) is 9.55 Å². The third-order valence-corrected chi connectivity index (χ3v) is 6.18. The van der Waals surface area contributed by atoms with Gasteiger partial charge in [-0.05, 0) is 5.56 Å². The standard InChI is InChI=1S/C24H18N2OS/c27-21-16-20(17-10-4-1-5-11-17)28-24-25-22(18-12-6-2-7-13-18)23(26(21)24)19-14-8-3-9-15-19/h1-15,20H,16H2/t20-/m1/s1. The molecular formula is C24H18N2OS. The third kappa shape index (κ3) is 2.96. The van der Waals surface area contributed by atoms with E-state index in [0.29, 0.717) is 6.42 Å². The first-order valence-electron chi connectivity index (χ1n) is 9.29. The maximum absolute atomic E-state index is 13.2. The molecule has 0 aliphatic carbocycles. The summed E-state index contributed by atoms with van der Waals surface area (Å²) in [7, 11) is 0. The van der Waals surface area contributed by atoms with Gasteiger partial charge in [-0.3, -0.25) is 9.36 Å². The second kappa shape index (κ2) is 7.13. The Morgan fingerprint density at radius 2 is 1.36 bits per heavy atom. The summed E-state index contributed by atoms with van der Waals surface area (Å²) in [5.74, 6) is 0.0936. The summed E-state index contributed by atoms with van der Waals surface area (Å²) in [6.07, 6.45) is 0.464. The first kappa shape index (κ1) is 17.0. The molecule has 5 rings (SSSR count). The van der Waals surface area contributed by atoms with Gasteiger partial charge in [-0.1, -0.05) is 103 Å². The van der Waals surface area contributed by atoms with E-state index in [1.807, 2.05) is 83.4 Å². The number of nitrogens with zero attached hydrogens (tertiary/aromatic N) is 2. The normalized spacial score (nSPS) is 16.0. The van der Waals surface area contributed by atoms with Gasteiger partial charge < -0.3 is 0 Å². The molecule has 0 radical (unpaired) electrons. The monoisotopic (exact) mass is 382 g/mol. The topological polar surface area (TPSA) is 34.9 Å². The van der Waals surface area contributed by atoms with Crippen LogP contribution in [0.3, 0.4) is 0 Å². The molecule has 1 atom stereocenters. The molecule has 0 amide bonds. The number of carbonyl (C=O) groups excluding carboxylic acids is 1. The number of aromatic nitrogens is 2. The van der Waals surface area contributed by atoms with E-state index in [2.05, 4.69) is 12.1 Å². The Bertz CT molecular complexity index is 1120. The van der Waals surface area contributed by atoms with E-state index in [9.17, 15) is 4.79 Å². The summed E-state index contributed by atoms with van der Waals surface area (Å²) in [6, 6.07) is 30.4. The van der Waals surface area contributed by atoms with Gasteiger partial charge in [0, 0.05) is 22.8 Å². The number of rotatable bonds is 3. The number of hydrogen-bond donors (Lipinski definition) is 0. The maximum atomic E-state index is 13.2. The predicted octanol–water partition coefficient (Wildman–Crippen LogP) is 6.09. The smallest absolute Gasteiger partial charge is 0.234 e. The van der Waals surface area contributed by atoms with Crippen LogP contribution in [0.2, 0.25) is 0 Å². The second-order valence-corrected chi connectivity index (χ2v) is 7.94. The van der Waals surface area contributed by atoms with Crippen molar-refractivity contribution >= 4 is 17.7 Å². The van der Waals surface area contributed by atoms with E-state index < -0.39 is 0 Å². The van der Waals surface area contributed by atoms with Crippen molar-refractivity contribution in [3.05, 3.63) is 96.6 Å². The first-order valence-corrected chi connectivity index (χ1v) is 10.2. The Balaban J connectivity index is 1.68. The third-order valence-electron chi connectivity index (χ3n) is 4.97. The predicted molar refractivity (Wildman–Crippen MR) is 113 cm³/mol. The van der Waals surface area contributed by atoms with Crippen LogP contribution in [0, 0.1) is 0 Å². The Kier molecular flexibility index (Phi) is 4.34. The van der Waals surface area contributed by atoms with Crippen LogP contribution >= 0.6 is 11.8 Å². The quantitative estimate of drug-likeness (QED) is 0.430. The highest BCUT2D eigenvalue weighted by Gasteiger charge is 2.32. The zero-order chi connectivity index (χ0) is 18.9. The highest BCUT2D eigenvalue weighted by Crippen LogP contribution is 2.45. The molecule has 28 heavy (non-hydrogen) atoms. The van der Waals surface area contributed by atoms with Gasteiger partial charge >= 0.3 is 0 Å². The molecule has 3 nitrogen and oxygen atoms in total. The maximum Gasteiger partial charge on any atom is 0.234 e. The molecule has 0 N–H and O–H groups in total. The van der Waals surface area contributed by atoms with Crippen LogP contribution in [0.15, 0.2) is 96.2 Å². The zero-order valence-corrected chi connectivity index (χ0v) is 16.0. The fourth-order valence-corrected chi connectivity index (χ4v) is 4.86. The van der Waals surface area contributed by atoms with Crippen molar-refractivity contribution in [2.75, 3.05) is 0 Å². The zero-order valence-electron chi connectivity index (χ0n) is 15.2. The molecule has 0 fully saturated rings. The molecule has 1 aromatic heterocycles. The van der Waals surface area contributed by atoms with Crippen LogP contribution in [-0.2, 0) is 0 Å². The number of benzene rings is 3. The minimum absolute atomic E-state index is 0.0934. The second-order valence-electron chi connectivity index (χ2n) is 6.77. The van der Waals surface area contributed by atoms with Crippen molar-refractivity contribution in [1.29, 1.82) is 0 Å². The van der Waals surface area contributed by atoms with E-state index in [1.54, 1.807) is 11.8 Å². The van der Waals surface area contributed by atoms with Crippen molar-refractivity contribution in [2.45, 2.75) is 16.8 Å². The number of carbonyl (C=O) groups is 1. The molecule has 136 valence electrons. The molecule has 0 unspecified atom stereocenters. The van der Waals surface area contributed by atoms with E-state index in [-0.39, 0.29) is 11.2 Å². The molecule has 1 aliphatic rings. The van der Waals surface area contributed by atoms with Crippen LogP contribution in [0.25, 0.3) is 22.5 Å². The van der Waals surface area contributed by atoms with E-state index >= 15 is 0 Å². The van der Waals surface area contributed by atoms with Crippen molar-refractivity contribution in [3.63, 3.8) is 0 Å². The number of fused-ring (bicyclic) bond motifs is 1. The molecule has 4 aromatic rings. The largest absolute Gasteiger partial charge is 0.274 e. The van der Waals surface area contributed by atoms with Crippen LogP contribution in [0.1, 0.15) is 22.0 Å². The summed E-state index contributed by atoms with van der Waals surface area (Å²) in [5.41, 5.74) is 4.93. The SMILES string of the molecule is O=C1C[C@H](c2ccccc2)Sc2nc(-c3ccccc3)c(-c3ccccc3)n21. The Hall–Kier alpha value is -3.11. The van der Waals surface area contributed by atoms with Crippen molar-refractivity contribution in [3.8, 4) is 22.5 Å². The summed E-state index contributed by atoms with van der Waals surface area (Å²) < 4.78 is 1.81.